The third kappa shape index (κ3) is 4.61. The van der Waals surface area contributed by atoms with Gasteiger partial charge in [-0.1, -0.05) is 55.3 Å². The molecule has 0 heterocycles. The lowest BCUT2D eigenvalue weighted by Gasteiger charge is -2.09. The van der Waals surface area contributed by atoms with E-state index in [2.05, 4.69) is 6.92 Å². The van der Waals surface area contributed by atoms with Crippen molar-refractivity contribution in [2.24, 2.45) is 0 Å². The Balaban J connectivity index is 2.06. The van der Waals surface area contributed by atoms with Crippen molar-refractivity contribution in [3.05, 3.63) is 64.7 Å². The van der Waals surface area contributed by atoms with Crippen molar-refractivity contribution in [3.8, 4) is 5.75 Å². The molecule has 0 aliphatic carbocycles. The van der Waals surface area contributed by atoms with Gasteiger partial charge in [-0.2, -0.15) is 0 Å². The fourth-order valence-corrected chi connectivity index (χ4v) is 2.24. The number of hydrogen-bond donors (Lipinski definition) is 0. The zero-order chi connectivity index (χ0) is 15.1. The normalized spacial score (nSPS) is 10.4. The predicted molar refractivity (Wildman–Crippen MR) is 86.1 cm³/mol. The van der Waals surface area contributed by atoms with Crippen LogP contribution in [0.4, 0.5) is 0 Å². The highest BCUT2D eigenvalue weighted by molar-refractivity contribution is 6.34. The summed E-state index contributed by atoms with van der Waals surface area (Å²) in [7, 11) is 0. The van der Waals surface area contributed by atoms with Crippen LogP contribution in [0.3, 0.4) is 0 Å². The lowest BCUT2D eigenvalue weighted by Crippen LogP contribution is -2.01. The molecule has 0 spiro atoms. The number of Topliss-reactive ketones (excluding diaryl/α,β-unsaturated/α-hetero) is 1. The van der Waals surface area contributed by atoms with Crippen molar-refractivity contribution in [1.82, 2.24) is 0 Å². The van der Waals surface area contributed by atoms with E-state index in [4.69, 9.17) is 16.3 Å². The molecule has 2 aromatic carbocycles. The first kappa shape index (κ1) is 15.6. The minimum atomic E-state index is 0.0759. The number of carbonyl (C=O) groups is 1. The molecule has 0 N–H and O–H groups in total. The van der Waals surface area contributed by atoms with Gasteiger partial charge in [-0.3, -0.25) is 4.79 Å². The summed E-state index contributed by atoms with van der Waals surface area (Å²) in [5.41, 5.74) is 1.64. The average molecular weight is 303 g/mol. The summed E-state index contributed by atoms with van der Waals surface area (Å²) in [5.74, 6) is 0.745. The van der Waals surface area contributed by atoms with Gasteiger partial charge in [-0.05, 0) is 30.2 Å². The second-order valence-corrected chi connectivity index (χ2v) is 5.35. The van der Waals surface area contributed by atoms with Crippen LogP contribution in [0, 0.1) is 0 Å². The summed E-state index contributed by atoms with van der Waals surface area (Å²) in [6.07, 6.45) is 2.40. The van der Waals surface area contributed by atoms with Crippen LogP contribution in [0.25, 0.3) is 0 Å². The van der Waals surface area contributed by atoms with Crippen LogP contribution < -0.4 is 4.74 Å². The summed E-state index contributed by atoms with van der Waals surface area (Å²) in [5, 5.41) is 0.489. The van der Waals surface area contributed by atoms with Gasteiger partial charge in [0.2, 0.25) is 0 Å². The van der Waals surface area contributed by atoms with Gasteiger partial charge in [0.05, 0.1) is 5.02 Å². The first-order valence-electron chi connectivity index (χ1n) is 7.20. The number of rotatable bonds is 7. The number of ether oxygens (including phenoxy) is 1. The third-order valence-corrected chi connectivity index (χ3v) is 3.57. The molecule has 21 heavy (non-hydrogen) atoms. The fraction of sp³-hybridized carbons (Fsp3) is 0.278. The molecule has 0 saturated heterocycles. The Bertz CT molecular complexity index is 593. The van der Waals surface area contributed by atoms with E-state index in [1.54, 1.807) is 18.2 Å². The lowest BCUT2D eigenvalue weighted by molar-refractivity contribution is 0.0979. The molecular formula is C18H19ClO2. The summed E-state index contributed by atoms with van der Waals surface area (Å²) in [6.45, 7) is 2.54. The van der Waals surface area contributed by atoms with Gasteiger partial charge in [-0.25, -0.2) is 0 Å². The van der Waals surface area contributed by atoms with Gasteiger partial charge < -0.3 is 4.74 Å². The zero-order valence-electron chi connectivity index (χ0n) is 12.1. The molecule has 110 valence electrons. The van der Waals surface area contributed by atoms with Gasteiger partial charge in [0.15, 0.2) is 5.78 Å². The van der Waals surface area contributed by atoms with Crippen LogP contribution in [0.15, 0.2) is 48.5 Å². The monoisotopic (exact) mass is 302 g/mol. The molecule has 0 fully saturated rings. The second kappa shape index (κ2) is 7.84. The fourth-order valence-electron chi connectivity index (χ4n) is 2.02. The summed E-state index contributed by atoms with van der Waals surface area (Å²) in [6, 6.07) is 15.2. The van der Waals surface area contributed by atoms with E-state index in [1.165, 1.54) is 0 Å². The number of carbonyl (C=O) groups excluding carboxylic acids is 1. The van der Waals surface area contributed by atoms with Gasteiger partial charge in [0.25, 0.3) is 0 Å². The SMILES string of the molecule is CCCCC(=O)c1cc(OCc2ccccc2)ccc1Cl. The quantitative estimate of drug-likeness (QED) is 0.649. The highest BCUT2D eigenvalue weighted by Gasteiger charge is 2.11. The first-order chi connectivity index (χ1) is 10.2. The van der Waals surface area contributed by atoms with Crippen LogP contribution in [0.5, 0.6) is 5.75 Å². The molecule has 0 unspecified atom stereocenters. The van der Waals surface area contributed by atoms with Gasteiger partial charge >= 0.3 is 0 Å². The van der Waals surface area contributed by atoms with E-state index in [0.29, 0.717) is 29.4 Å². The van der Waals surface area contributed by atoms with Crippen molar-refractivity contribution in [2.75, 3.05) is 0 Å². The molecule has 2 aromatic rings. The molecule has 0 aliphatic heterocycles. The Morgan fingerprint density at radius 2 is 1.90 bits per heavy atom. The maximum absolute atomic E-state index is 12.1. The van der Waals surface area contributed by atoms with Crippen molar-refractivity contribution >= 4 is 17.4 Å². The Kier molecular flexibility index (Phi) is 5.82. The van der Waals surface area contributed by atoms with E-state index in [1.807, 2.05) is 30.3 Å². The summed E-state index contributed by atoms with van der Waals surface area (Å²) in [4.78, 5) is 12.1. The maximum Gasteiger partial charge on any atom is 0.164 e. The predicted octanol–water partition coefficient (Wildman–Crippen LogP) is 5.29. The molecular weight excluding hydrogens is 284 g/mol. The van der Waals surface area contributed by atoms with Crippen molar-refractivity contribution in [1.29, 1.82) is 0 Å². The first-order valence-corrected chi connectivity index (χ1v) is 7.58. The van der Waals surface area contributed by atoms with Crippen molar-refractivity contribution < 1.29 is 9.53 Å². The molecule has 0 amide bonds. The minimum Gasteiger partial charge on any atom is -0.489 e. The summed E-state index contributed by atoms with van der Waals surface area (Å²) >= 11 is 6.11. The molecule has 0 bridgehead atoms. The highest BCUT2D eigenvalue weighted by Crippen LogP contribution is 2.24. The van der Waals surface area contributed by atoms with Gasteiger partial charge in [-0.15, -0.1) is 0 Å². The second-order valence-electron chi connectivity index (χ2n) is 4.94. The van der Waals surface area contributed by atoms with Crippen molar-refractivity contribution in [3.63, 3.8) is 0 Å². The standard InChI is InChI=1S/C18H19ClO2/c1-2-3-9-18(20)16-12-15(10-11-17(16)19)21-13-14-7-5-4-6-8-14/h4-8,10-12H,2-3,9,13H2,1H3. The highest BCUT2D eigenvalue weighted by atomic mass is 35.5. The zero-order valence-corrected chi connectivity index (χ0v) is 12.9. The molecule has 0 saturated carbocycles. The Morgan fingerprint density at radius 1 is 1.14 bits per heavy atom. The Morgan fingerprint density at radius 3 is 2.62 bits per heavy atom. The average Bonchev–Trinajstić information content (AvgIpc) is 2.52. The number of unbranched alkanes of at least 4 members (excludes halogenated alkanes) is 1. The lowest BCUT2D eigenvalue weighted by atomic mass is 10.1. The number of ketones is 1. The van der Waals surface area contributed by atoms with Gasteiger partial charge in [0, 0.05) is 12.0 Å². The molecule has 0 aromatic heterocycles. The minimum absolute atomic E-state index is 0.0759. The number of halogens is 1. The Hall–Kier alpha value is -1.80. The van der Waals surface area contributed by atoms with E-state index in [0.717, 1.165) is 18.4 Å². The van der Waals surface area contributed by atoms with E-state index in [9.17, 15) is 4.79 Å². The third-order valence-electron chi connectivity index (χ3n) is 3.24. The smallest absolute Gasteiger partial charge is 0.164 e. The molecule has 2 nitrogen and oxygen atoms in total. The van der Waals surface area contributed by atoms with E-state index in [-0.39, 0.29) is 5.78 Å². The molecule has 0 atom stereocenters. The number of benzene rings is 2. The van der Waals surface area contributed by atoms with Crippen LogP contribution in [-0.2, 0) is 6.61 Å². The van der Waals surface area contributed by atoms with E-state index >= 15 is 0 Å². The van der Waals surface area contributed by atoms with Crippen LogP contribution >= 0.6 is 11.6 Å². The van der Waals surface area contributed by atoms with Gasteiger partial charge in [0.1, 0.15) is 12.4 Å². The molecule has 3 heteroatoms. The van der Waals surface area contributed by atoms with E-state index < -0.39 is 0 Å². The molecule has 0 radical (unpaired) electrons. The van der Waals surface area contributed by atoms with Crippen molar-refractivity contribution in [2.45, 2.75) is 32.8 Å². The van der Waals surface area contributed by atoms with Crippen LogP contribution in [-0.4, -0.2) is 5.78 Å². The van der Waals surface area contributed by atoms with Crippen LogP contribution in [0.2, 0.25) is 5.02 Å². The van der Waals surface area contributed by atoms with Crippen LogP contribution in [0.1, 0.15) is 42.1 Å². The summed E-state index contributed by atoms with van der Waals surface area (Å²) < 4.78 is 5.73. The topological polar surface area (TPSA) is 26.3 Å². The molecule has 2 rings (SSSR count). The largest absolute Gasteiger partial charge is 0.489 e. The Labute approximate surface area is 130 Å². The molecule has 0 aliphatic rings. The maximum atomic E-state index is 12.1. The number of hydrogen-bond acceptors (Lipinski definition) is 2.